The number of methoxy groups -OCH3 is 1. The quantitative estimate of drug-likeness (QED) is 0.516. The Morgan fingerprint density at radius 1 is 1.44 bits per heavy atom. The van der Waals surface area contributed by atoms with Crippen LogP contribution in [0.4, 0.5) is 0 Å². The van der Waals surface area contributed by atoms with E-state index in [0.29, 0.717) is 18.6 Å². The van der Waals surface area contributed by atoms with Gasteiger partial charge in [0.2, 0.25) is 0 Å². The van der Waals surface area contributed by atoms with Gasteiger partial charge < -0.3 is 4.74 Å². The van der Waals surface area contributed by atoms with Gasteiger partial charge in [0.15, 0.2) is 0 Å². The van der Waals surface area contributed by atoms with Gasteiger partial charge in [-0.2, -0.15) is 0 Å². The Balaban J connectivity index is 2.42. The first-order chi connectivity index (χ1) is 7.69. The molecule has 0 heterocycles. The number of hydrogen-bond acceptors (Lipinski definition) is 3. The maximum absolute atomic E-state index is 11.7. The predicted octanol–water partition coefficient (Wildman–Crippen LogP) is 2.73. The molecule has 3 nitrogen and oxygen atoms in total. The van der Waals surface area contributed by atoms with E-state index in [9.17, 15) is 9.59 Å². The maximum atomic E-state index is 11.7. The molecule has 0 N–H and O–H groups in total. The van der Waals surface area contributed by atoms with Crippen LogP contribution >= 0.6 is 0 Å². The molecule has 0 aromatic heterocycles. The van der Waals surface area contributed by atoms with E-state index in [1.165, 1.54) is 20.0 Å². The van der Waals surface area contributed by atoms with Gasteiger partial charge in [0.05, 0.1) is 7.11 Å². The van der Waals surface area contributed by atoms with E-state index in [1.54, 1.807) is 0 Å². The number of esters is 1. The molecule has 16 heavy (non-hydrogen) atoms. The van der Waals surface area contributed by atoms with Gasteiger partial charge in [-0.15, -0.1) is 0 Å². The number of ether oxygens (including phenoxy) is 1. The summed E-state index contributed by atoms with van der Waals surface area (Å²) in [5.41, 5.74) is 0. The van der Waals surface area contributed by atoms with E-state index < -0.39 is 0 Å². The number of rotatable bonds is 6. The van der Waals surface area contributed by atoms with Crippen molar-refractivity contribution in [3.63, 3.8) is 0 Å². The molecule has 0 bridgehead atoms. The molecule has 1 rings (SSSR count). The molecule has 0 spiro atoms. The minimum Gasteiger partial charge on any atom is -0.469 e. The molecule has 0 aromatic rings. The molecular formula is C13H22O3. The lowest BCUT2D eigenvalue weighted by Crippen LogP contribution is -2.18. The lowest BCUT2D eigenvalue weighted by atomic mass is 9.88. The van der Waals surface area contributed by atoms with Crippen molar-refractivity contribution < 1.29 is 14.3 Å². The van der Waals surface area contributed by atoms with Crippen LogP contribution in [-0.4, -0.2) is 18.9 Å². The Labute approximate surface area is 97.5 Å². The highest BCUT2D eigenvalue weighted by molar-refractivity contribution is 5.84. The van der Waals surface area contributed by atoms with Gasteiger partial charge in [-0.3, -0.25) is 9.59 Å². The van der Waals surface area contributed by atoms with Gasteiger partial charge in [-0.25, -0.2) is 0 Å². The van der Waals surface area contributed by atoms with Crippen LogP contribution in [-0.2, 0) is 14.3 Å². The van der Waals surface area contributed by atoms with E-state index in [2.05, 4.69) is 11.7 Å². The van der Waals surface area contributed by atoms with Gasteiger partial charge in [-0.1, -0.05) is 26.2 Å². The van der Waals surface area contributed by atoms with Crippen LogP contribution in [0.3, 0.4) is 0 Å². The van der Waals surface area contributed by atoms with Gasteiger partial charge >= 0.3 is 5.97 Å². The molecule has 2 atom stereocenters. The molecule has 92 valence electrons. The van der Waals surface area contributed by atoms with E-state index in [4.69, 9.17) is 0 Å². The van der Waals surface area contributed by atoms with Crippen molar-refractivity contribution in [1.82, 2.24) is 0 Å². The zero-order chi connectivity index (χ0) is 12.0. The molecular weight excluding hydrogens is 204 g/mol. The number of Topliss-reactive ketones (excluding diaryl/α,β-unsaturated/α-hetero) is 1. The fourth-order valence-electron chi connectivity index (χ4n) is 2.53. The summed E-state index contributed by atoms with van der Waals surface area (Å²) in [6.07, 6.45) is 6.33. The number of carbonyl (C=O) groups is 2. The van der Waals surface area contributed by atoms with Gasteiger partial charge in [-0.05, 0) is 18.8 Å². The number of unbranched alkanes of at least 4 members (excludes halogenated alkanes) is 2. The van der Waals surface area contributed by atoms with Gasteiger partial charge in [0.25, 0.3) is 0 Å². The Morgan fingerprint density at radius 3 is 2.81 bits per heavy atom. The van der Waals surface area contributed by atoms with Gasteiger partial charge in [0, 0.05) is 18.8 Å². The first-order valence-electron chi connectivity index (χ1n) is 6.28. The summed E-state index contributed by atoms with van der Waals surface area (Å²) in [6, 6.07) is 0. The molecule has 0 aliphatic heterocycles. The summed E-state index contributed by atoms with van der Waals surface area (Å²) in [4.78, 5) is 22.9. The van der Waals surface area contributed by atoms with Crippen LogP contribution < -0.4 is 0 Å². The lowest BCUT2D eigenvalue weighted by molar-refractivity contribution is -0.142. The first kappa shape index (κ1) is 13.2. The summed E-state index contributed by atoms with van der Waals surface area (Å²) >= 11 is 0. The fraction of sp³-hybridized carbons (Fsp3) is 0.846. The zero-order valence-electron chi connectivity index (χ0n) is 10.3. The molecule has 1 aliphatic carbocycles. The Hall–Kier alpha value is -0.860. The second kappa shape index (κ2) is 6.66. The van der Waals surface area contributed by atoms with E-state index >= 15 is 0 Å². The highest BCUT2D eigenvalue weighted by atomic mass is 16.5. The second-order valence-corrected chi connectivity index (χ2v) is 4.65. The lowest BCUT2D eigenvalue weighted by Gasteiger charge is -2.16. The van der Waals surface area contributed by atoms with E-state index in [-0.39, 0.29) is 17.8 Å². The molecule has 1 aliphatic rings. The Kier molecular flexibility index (Phi) is 5.50. The normalized spacial score (nSPS) is 24.8. The standard InChI is InChI=1S/C13H22O3/c1-3-4-5-6-11-10(7-8-12(11)14)9-13(15)16-2/h10-11H,3-9H2,1-2H3/t10-,11-/m0/s1. The Morgan fingerprint density at radius 2 is 2.19 bits per heavy atom. The molecule has 0 amide bonds. The van der Waals surface area contributed by atoms with Crippen molar-refractivity contribution in [2.24, 2.45) is 11.8 Å². The first-order valence-corrected chi connectivity index (χ1v) is 6.28. The van der Waals surface area contributed by atoms with Crippen molar-refractivity contribution in [3.8, 4) is 0 Å². The largest absolute Gasteiger partial charge is 0.469 e. The number of carbonyl (C=O) groups excluding carboxylic acids is 2. The summed E-state index contributed by atoms with van der Waals surface area (Å²) in [7, 11) is 1.41. The smallest absolute Gasteiger partial charge is 0.305 e. The van der Waals surface area contributed by atoms with Crippen molar-refractivity contribution >= 4 is 11.8 Å². The van der Waals surface area contributed by atoms with Crippen molar-refractivity contribution in [2.75, 3.05) is 7.11 Å². The third kappa shape index (κ3) is 3.62. The van der Waals surface area contributed by atoms with Crippen LogP contribution in [0, 0.1) is 11.8 Å². The minimum atomic E-state index is -0.180. The topological polar surface area (TPSA) is 43.4 Å². The van der Waals surface area contributed by atoms with Crippen LogP contribution in [0.5, 0.6) is 0 Å². The van der Waals surface area contributed by atoms with Crippen molar-refractivity contribution in [2.45, 2.75) is 51.9 Å². The molecule has 3 heteroatoms. The number of hydrogen-bond donors (Lipinski definition) is 0. The molecule has 1 fully saturated rings. The van der Waals surface area contributed by atoms with E-state index in [1.807, 2.05) is 0 Å². The number of ketones is 1. The van der Waals surface area contributed by atoms with Crippen molar-refractivity contribution in [1.29, 1.82) is 0 Å². The highest BCUT2D eigenvalue weighted by Gasteiger charge is 2.35. The third-order valence-corrected chi connectivity index (χ3v) is 3.52. The molecule has 0 aromatic carbocycles. The van der Waals surface area contributed by atoms with Crippen LogP contribution in [0.2, 0.25) is 0 Å². The van der Waals surface area contributed by atoms with E-state index in [0.717, 1.165) is 19.3 Å². The summed E-state index contributed by atoms with van der Waals surface area (Å²) in [5.74, 6) is 0.521. The van der Waals surface area contributed by atoms with Crippen LogP contribution in [0.25, 0.3) is 0 Å². The summed E-state index contributed by atoms with van der Waals surface area (Å²) in [6.45, 7) is 2.16. The SMILES string of the molecule is CCCCC[C@@H]1C(=O)CC[C@H]1CC(=O)OC. The monoisotopic (exact) mass is 226 g/mol. The third-order valence-electron chi connectivity index (χ3n) is 3.52. The highest BCUT2D eigenvalue weighted by Crippen LogP contribution is 2.35. The minimum absolute atomic E-state index is 0.116. The molecule has 0 unspecified atom stereocenters. The van der Waals surface area contributed by atoms with Crippen molar-refractivity contribution in [3.05, 3.63) is 0 Å². The molecule has 0 radical (unpaired) electrons. The average molecular weight is 226 g/mol. The predicted molar refractivity (Wildman–Crippen MR) is 62.0 cm³/mol. The van der Waals surface area contributed by atoms with Crippen LogP contribution in [0.1, 0.15) is 51.9 Å². The Bertz CT molecular complexity index is 248. The summed E-state index contributed by atoms with van der Waals surface area (Å²) < 4.78 is 4.67. The average Bonchev–Trinajstić information content (AvgIpc) is 2.61. The maximum Gasteiger partial charge on any atom is 0.305 e. The second-order valence-electron chi connectivity index (χ2n) is 4.65. The molecule has 0 saturated heterocycles. The molecule has 1 saturated carbocycles. The zero-order valence-corrected chi connectivity index (χ0v) is 10.3. The fourth-order valence-corrected chi connectivity index (χ4v) is 2.53. The van der Waals surface area contributed by atoms with Crippen LogP contribution in [0.15, 0.2) is 0 Å². The van der Waals surface area contributed by atoms with Gasteiger partial charge in [0.1, 0.15) is 5.78 Å². The summed E-state index contributed by atoms with van der Waals surface area (Å²) in [5, 5.41) is 0.